The fraction of sp³-hybridized carbons (Fsp3) is 0.176. The van der Waals surface area contributed by atoms with E-state index in [2.05, 4.69) is 10.1 Å². The molecule has 0 unspecified atom stereocenters. The van der Waals surface area contributed by atoms with E-state index in [4.69, 9.17) is 5.26 Å². The summed E-state index contributed by atoms with van der Waals surface area (Å²) < 4.78 is 15.1. The molecule has 120 valence electrons. The van der Waals surface area contributed by atoms with Crippen molar-refractivity contribution in [1.82, 2.24) is 19.7 Å². The van der Waals surface area contributed by atoms with Gasteiger partial charge in [-0.2, -0.15) is 10.4 Å². The zero-order valence-corrected chi connectivity index (χ0v) is 13.2. The van der Waals surface area contributed by atoms with Crippen molar-refractivity contribution in [2.75, 3.05) is 13.6 Å². The summed E-state index contributed by atoms with van der Waals surface area (Å²) in [4.78, 5) is 18.5. The van der Waals surface area contributed by atoms with Gasteiger partial charge in [-0.1, -0.05) is 12.1 Å². The van der Waals surface area contributed by atoms with E-state index in [0.717, 1.165) is 0 Å². The van der Waals surface area contributed by atoms with Gasteiger partial charge >= 0.3 is 0 Å². The number of hydrogen-bond donors (Lipinski definition) is 0. The minimum atomic E-state index is -0.381. The first-order valence-corrected chi connectivity index (χ1v) is 7.22. The second kappa shape index (κ2) is 6.08. The molecule has 0 aliphatic rings. The molecule has 0 atom stereocenters. The predicted molar refractivity (Wildman–Crippen MR) is 86.5 cm³/mol. The van der Waals surface area contributed by atoms with Crippen LogP contribution in [0, 0.1) is 17.1 Å². The Labute approximate surface area is 137 Å². The quantitative estimate of drug-likeness (QED) is 0.694. The normalized spacial score (nSPS) is 10.6. The number of fused-ring (bicyclic) bond motifs is 1. The molecule has 7 heteroatoms. The van der Waals surface area contributed by atoms with Crippen molar-refractivity contribution in [3.63, 3.8) is 0 Å². The van der Waals surface area contributed by atoms with Crippen LogP contribution in [-0.2, 0) is 7.05 Å². The number of benzene rings is 1. The van der Waals surface area contributed by atoms with E-state index >= 15 is 0 Å². The minimum absolute atomic E-state index is 0.0296. The van der Waals surface area contributed by atoms with Gasteiger partial charge in [-0.25, -0.2) is 9.37 Å². The summed E-state index contributed by atoms with van der Waals surface area (Å²) in [5.41, 5.74) is 1.94. The minimum Gasteiger partial charge on any atom is -0.328 e. The highest BCUT2D eigenvalue weighted by Crippen LogP contribution is 2.25. The third-order valence-electron chi connectivity index (χ3n) is 3.71. The molecule has 0 fully saturated rings. The van der Waals surface area contributed by atoms with Crippen LogP contribution in [0.2, 0.25) is 0 Å². The van der Waals surface area contributed by atoms with Gasteiger partial charge in [0.15, 0.2) is 5.65 Å². The Balaban J connectivity index is 2.21. The van der Waals surface area contributed by atoms with Crippen LogP contribution in [0.5, 0.6) is 0 Å². The first kappa shape index (κ1) is 15.6. The van der Waals surface area contributed by atoms with Gasteiger partial charge in [0.1, 0.15) is 12.4 Å². The zero-order chi connectivity index (χ0) is 17.3. The Bertz CT molecular complexity index is 973. The van der Waals surface area contributed by atoms with Crippen molar-refractivity contribution >= 4 is 16.9 Å². The number of pyridine rings is 1. The molecule has 6 nitrogen and oxygen atoms in total. The smallest absolute Gasteiger partial charge is 0.255 e. The number of carbonyl (C=O) groups is 1. The molecule has 0 bridgehead atoms. The molecule has 3 aromatic rings. The van der Waals surface area contributed by atoms with Gasteiger partial charge in [0.2, 0.25) is 0 Å². The monoisotopic (exact) mass is 323 g/mol. The second-order valence-corrected chi connectivity index (χ2v) is 5.39. The molecule has 0 radical (unpaired) electrons. The van der Waals surface area contributed by atoms with Crippen molar-refractivity contribution in [1.29, 1.82) is 5.26 Å². The number of hydrogen-bond acceptors (Lipinski definition) is 4. The predicted octanol–water partition coefficient (Wildman–Crippen LogP) is 2.37. The molecule has 0 aliphatic carbocycles. The summed E-state index contributed by atoms with van der Waals surface area (Å²) in [6.45, 7) is -0.0296. The van der Waals surface area contributed by atoms with Crippen molar-refractivity contribution in [2.24, 2.45) is 7.05 Å². The highest BCUT2D eigenvalue weighted by Gasteiger charge is 2.19. The maximum atomic E-state index is 13.5. The van der Waals surface area contributed by atoms with Crippen LogP contribution in [0.4, 0.5) is 4.39 Å². The molecule has 0 saturated heterocycles. The number of amides is 1. The van der Waals surface area contributed by atoms with Crippen LogP contribution >= 0.6 is 0 Å². The average Bonchev–Trinajstić information content (AvgIpc) is 2.95. The molecule has 2 heterocycles. The summed E-state index contributed by atoms with van der Waals surface area (Å²) in [6, 6.07) is 9.56. The van der Waals surface area contributed by atoms with Gasteiger partial charge in [0.25, 0.3) is 5.91 Å². The lowest BCUT2D eigenvalue weighted by atomic mass is 10.1. The Hall–Kier alpha value is -3.27. The Morgan fingerprint density at radius 3 is 2.92 bits per heavy atom. The molecular formula is C17H14FN5O. The highest BCUT2D eigenvalue weighted by atomic mass is 19.1. The molecule has 0 spiro atoms. The third kappa shape index (κ3) is 2.70. The van der Waals surface area contributed by atoms with Crippen LogP contribution in [-0.4, -0.2) is 39.2 Å². The van der Waals surface area contributed by atoms with E-state index in [9.17, 15) is 9.18 Å². The fourth-order valence-corrected chi connectivity index (χ4v) is 2.47. The molecule has 0 aliphatic heterocycles. The lowest BCUT2D eigenvalue weighted by Gasteiger charge is -2.14. The summed E-state index contributed by atoms with van der Waals surface area (Å²) in [6.07, 6.45) is 1.56. The van der Waals surface area contributed by atoms with Crippen LogP contribution in [0.3, 0.4) is 0 Å². The topological polar surface area (TPSA) is 74.8 Å². The third-order valence-corrected chi connectivity index (χ3v) is 3.71. The van der Waals surface area contributed by atoms with Crippen molar-refractivity contribution < 1.29 is 9.18 Å². The second-order valence-electron chi connectivity index (χ2n) is 5.39. The summed E-state index contributed by atoms with van der Waals surface area (Å²) in [5, 5.41) is 13.5. The SMILES string of the molecule is CN(CC#N)C(=O)c1cc(-c2cccc(F)c2)nc2c1cnn2C. The number of rotatable bonds is 3. The molecule has 24 heavy (non-hydrogen) atoms. The average molecular weight is 323 g/mol. The summed E-state index contributed by atoms with van der Waals surface area (Å²) in [7, 11) is 3.27. The Morgan fingerprint density at radius 2 is 2.21 bits per heavy atom. The van der Waals surface area contributed by atoms with E-state index in [1.807, 2.05) is 6.07 Å². The lowest BCUT2D eigenvalue weighted by Crippen LogP contribution is -2.27. The molecule has 1 aromatic carbocycles. The van der Waals surface area contributed by atoms with Crippen LogP contribution in [0.1, 0.15) is 10.4 Å². The molecule has 2 aromatic heterocycles. The molecule has 3 rings (SSSR count). The highest BCUT2D eigenvalue weighted by molar-refractivity contribution is 6.06. The van der Waals surface area contributed by atoms with Crippen molar-refractivity contribution in [2.45, 2.75) is 0 Å². The Morgan fingerprint density at radius 1 is 1.42 bits per heavy atom. The Kier molecular flexibility index (Phi) is 3.96. The van der Waals surface area contributed by atoms with E-state index < -0.39 is 0 Å². The number of nitriles is 1. The molecule has 1 amide bonds. The molecule has 0 N–H and O–H groups in total. The molecule has 0 saturated carbocycles. The fourth-order valence-electron chi connectivity index (χ4n) is 2.47. The first-order chi connectivity index (χ1) is 11.5. The maximum Gasteiger partial charge on any atom is 0.255 e. The van der Waals surface area contributed by atoms with Gasteiger partial charge in [-0.15, -0.1) is 0 Å². The van der Waals surface area contributed by atoms with Gasteiger partial charge in [0.05, 0.1) is 28.9 Å². The van der Waals surface area contributed by atoms with Gasteiger partial charge in [-0.3, -0.25) is 9.48 Å². The number of halogens is 1. The van der Waals surface area contributed by atoms with E-state index in [1.165, 1.54) is 17.0 Å². The van der Waals surface area contributed by atoms with Gasteiger partial charge < -0.3 is 4.90 Å². The van der Waals surface area contributed by atoms with Crippen molar-refractivity contribution in [3.8, 4) is 17.3 Å². The van der Waals surface area contributed by atoms with Crippen LogP contribution in [0.15, 0.2) is 36.5 Å². The number of nitrogens with zero attached hydrogens (tertiary/aromatic N) is 5. The van der Waals surface area contributed by atoms with Crippen LogP contribution < -0.4 is 0 Å². The zero-order valence-electron chi connectivity index (χ0n) is 13.2. The van der Waals surface area contributed by atoms with Crippen LogP contribution in [0.25, 0.3) is 22.3 Å². The summed E-state index contributed by atoms with van der Waals surface area (Å²) in [5.74, 6) is -0.691. The number of aryl methyl sites for hydroxylation is 1. The summed E-state index contributed by atoms with van der Waals surface area (Å²) >= 11 is 0. The van der Waals surface area contributed by atoms with Crippen molar-refractivity contribution in [3.05, 3.63) is 47.9 Å². The maximum absolute atomic E-state index is 13.5. The first-order valence-electron chi connectivity index (χ1n) is 7.22. The van der Waals surface area contributed by atoms with E-state index in [-0.39, 0.29) is 18.3 Å². The lowest BCUT2D eigenvalue weighted by molar-refractivity contribution is 0.0814. The molecular weight excluding hydrogens is 309 g/mol. The number of carbonyl (C=O) groups excluding carboxylic acids is 1. The van der Waals surface area contributed by atoms with Gasteiger partial charge in [0, 0.05) is 19.7 Å². The standard InChI is InChI=1S/C17H14FN5O/c1-22(7-6-19)17(24)13-9-15(11-4-3-5-12(18)8-11)21-16-14(13)10-20-23(16)2/h3-5,8-10H,7H2,1-2H3. The van der Waals surface area contributed by atoms with Gasteiger partial charge in [-0.05, 0) is 18.2 Å². The van der Waals surface area contributed by atoms with E-state index in [1.54, 1.807) is 43.2 Å². The number of aromatic nitrogens is 3. The largest absolute Gasteiger partial charge is 0.328 e. The van der Waals surface area contributed by atoms with E-state index in [0.29, 0.717) is 27.9 Å².